The van der Waals surface area contributed by atoms with E-state index in [0.29, 0.717) is 16.4 Å². The zero-order chi connectivity index (χ0) is 25.7. The summed E-state index contributed by atoms with van der Waals surface area (Å²) in [6.45, 7) is 0. The molecule has 36 heavy (non-hydrogen) atoms. The molecule has 1 aromatic heterocycles. The van der Waals surface area contributed by atoms with Crippen LogP contribution in [-0.2, 0) is 0 Å². The molecule has 4 aromatic rings. The number of rotatable bonds is 7. The van der Waals surface area contributed by atoms with Gasteiger partial charge in [0.25, 0.3) is 11.6 Å². The van der Waals surface area contributed by atoms with Gasteiger partial charge in [-0.05, 0) is 54.6 Å². The largest absolute Gasteiger partial charge is 0.497 e. The third-order valence-corrected chi connectivity index (χ3v) is 5.96. The lowest BCUT2D eigenvalue weighted by molar-refractivity contribution is -0.384. The Balaban J connectivity index is 1.62. The number of hydrogen-bond acceptors (Lipinski definition) is 9. The standard InChI is InChI=1S/C24H21N7O4S/c1-30(2)17-8-4-15(5-9-17)22(26-28-23(32)16-6-10-18(11-7-16)31(33)34)27-29-24-25-20-13-12-19(35-3)14-21(20)36-24/h4-14H,1-3H3,(H,28,32)/b26-22+,29-27?. The van der Waals surface area contributed by atoms with Crippen LogP contribution in [-0.4, -0.2) is 42.9 Å². The molecule has 0 aliphatic carbocycles. The molecule has 3 aromatic carbocycles. The van der Waals surface area contributed by atoms with E-state index in [1.807, 2.05) is 61.5 Å². The molecule has 0 fully saturated rings. The smallest absolute Gasteiger partial charge is 0.271 e. The monoisotopic (exact) mass is 503 g/mol. The van der Waals surface area contributed by atoms with E-state index in [0.717, 1.165) is 15.9 Å². The summed E-state index contributed by atoms with van der Waals surface area (Å²) in [6.07, 6.45) is 0. The van der Waals surface area contributed by atoms with E-state index in [-0.39, 0.29) is 17.1 Å². The van der Waals surface area contributed by atoms with Crippen molar-refractivity contribution >= 4 is 49.8 Å². The maximum atomic E-state index is 12.6. The van der Waals surface area contributed by atoms with Gasteiger partial charge in [-0.3, -0.25) is 14.9 Å². The summed E-state index contributed by atoms with van der Waals surface area (Å²) in [7, 11) is 5.45. The molecule has 0 saturated heterocycles. The summed E-state index contributed by atoms with van der Waals surface area (Å²) in [5.74, 6) is 0.328. The van der Waals surface area contributed by atoms with Crippen LogP contribution in [0.4, 0.5) is 16.5 Å². The van der Waals surface area contributed by atoms with Crippen molar-refractivity contribution in [2.24, 2.45) is 15.3 Å². The van der Waals surface area contributed by atoms with E-state index in [2.05, 4.69) is 25.7 Å². The van der Waals surface area contributed by atoms with Crippen molar-refractivity contribution in [1.82, 2.24) is 10.4 Å². The van der Waals surface area contributed by atoms with Crippen LogP contribution in [0.5, 0.6) is 5.75 Å². The molecule has 0 saturated carbocycles. The number of carbonyl (C=O) groups excluding carboxylic acids is 1. The Labute approximate surface area is 209 Å². The first-order valence-corrected chi connectivity index (χ1v) is 11.4. The first-order valence-electron chi connectivity index (χ1n) is 10.6. The van der Waals surface area contributed by atoms with E-state index in [1.165, 1.54) is 35.6 Å². The molecule has 0 spiro atoms. The maximum Gasteiger partial charge on any atom is 0.271 e. The lowest BCUT2D eigenvalue weighted by atomic mass is 10.2. The lowest BCUT2D eigenvalue weighted by Crippen LogP contribution is -2.19. The van der Waals surface area contributed by atoms with Gasteiger partial charge in [-0.2, -0.15) is 0 Å². The predicted octanol–water partition coefficient (Wildman–Crippen LogP) is 5.15. The van der Waals surface area contributed by atoms with Gasteiger partial charge < -0.3 is 9.64 Å². The number of nitrogens with one attached hydrogen (secondary N) is 1. The van der Waals surface area contributed by atoms with E-state index in [4.69, 9.17) is 4.74 Å². The van der Waals surface area contributed by atoms with Crippen LogP contribution in [0.3, 0.4) is 0 Å². The normalized spacial score (nSPS) is 11.6. The van der Waals surface area contributed by atoms with Gasteiger partial charge in [0.05, 0.1) is 22.2 Å². The van der Waals surface area contributed by atoms with Gasteiger partial charge in [-0.1, -0.05) is 11.3 Å². The number of anilines is 1. The molecule has 12 heteroatoms. The molecule has 182 valence electrons. The number of ether oxygens (including phenoxy) is 1. The minimum Gasteiger partial charge on any atom is -0.497 e. The fourth-order valence-corrected chi connectivity index (χ4v) is 3.92. The molecule has 4 rings (SSSR count). The summed E-state index contributed by atoms with van der Waals surface area (Å²) in [5.41, 5.74) is 4.90. The molecule has 1 N–H and O–H groups in total. The van der Waals surface area contributed by atoms with Crippen molar-refractivity contribution in [3.8, 4) is 5.75 Å². The molecule has 0 aliphatic rings. The number of nitro groups is 1. The number of amides is 1. The maximum absolute atomic E-state index is 12.6. The minimum atomic E-state index is -0.547. The number of methoxy groups -OCH3 is 1. The van der Waals surface area contributed by atoms with Crippen molar-refractivity contribution in [2.45, 2.75) is 0 Å². The number of thiazole rings is 1. The van der Waals surface area contributed by atoms with Crippen LogP contribution in [0.15, 0.2) is 82.1 Å². The van der Waals surface area contributed by atoms with Crippen LogP contribution in [0.1, 0.15) is 15.9 Å². The average Bonchev–Trinajstić information content (AvgIpc) is 3.30. The molecule has 0 aliphatic heterocycles. The number of nitro benzene ring substituents is 1. The van der Waals surface area contributed by atoms with Crippen molar-refractivity contribution in [3.63, 3.8) is 0 Å². The molecule has 11 nitrogen and oxygen atoms in total. The number of amidine groups is 1. The zero-order valence-electron chi connectivity index (χ0n) is 19.6. The van der Waals surface area contributed by atoms with E-state index >= 15 is 0 Å². The molecular weight excluding hydrogens is 482 g/mol. The van der Waals surface area contributed by atoms with E-state index in [1.54, 1.807) is 7.11 Å². The Kier molecular flexibility index (Phi) is 7.25. The number of hydrazone groups is 1. The van der Waals surface area contributed by atoms with Gasteiger partial charge in [0.1, 0.15) is 5.75 Å². The van der Waals surface area contributed by atoms with E-state index < -0.39 is 10.8 Å². The number of non-ortho nitro benzene ring substituents is 1. The second kappa shape index (κ2) is 10.7. The number of hydrogen-bond donors (Lipinski definition) is 1. The van der Waals surface area contributed by atoms with Crippen molar-refractivity contribution in [2.75, 3.05) is 26.1 Å². The van der Waals surface area contributed by atoms with Gasteiger partial charge in [-0.25, -0.2) is 10.4 Å². The van der Waals surface area contributed by atoms with Crippen molar-refractivity contribution in [3.05, 3.63) is 88.0 Å². The Hall–Kier alpha value is -4.71. The fourth-order valence-electron chi connectivity index (χ4n) is 3.11. The topological polar surface area (TPSA) is 135 Å². The highest BCUT2D eigenvalue weighted by atomic mass is 32.1. The number of benzene rings is 3. The average molecular weight is 504 g/mol. The van der Waals surface area contributed by atoms with Crippen molar-refractivity contribution in [1.29, 1.82) is 0 Å². The van der Waals surface area contributed by atoms with Gasteiger partial charge in [-0.15, -0.1) is 15.3 Å². The molecule has 0 unspecified atom stereocenters. The van der Waals surface area contributed by atoms with Crippen LogP contribution >= 0.6 is 11.3 Å². The van der Waals surface area contributed by atoms with Gasteiger partial charge >= 0.3 is 0 Å². The first-order chi connectivity index (χ1) is 17.3. The highest BCUT2D eigenvalue weighted by Crippen LogP contribution is 2.31. The third-order valence-electron chi connectivity index (χ3n) is 5.06. The lowest BCUT2D eigenvalue weighted by Gasteiger charge is -2.12. The summed E-state index contributed by atoms with van der Waals surface area (Å²) >= 11 is 1.34. The first kappa shape index (κ1) is 24.4. The molecule has 1 amide bonds. The van der Waals surface area contributed by atoms with Gasteiger partial charge in [0, 0.05) is 43.0 Å². The van der Waals surface area contributed by atoms with Gasteiger partial charge in [0.2, 0.25) is 11.0 Å². The van der Waals surface area contributed by atoms with Crippen molar-refractivity contribution < 1.29 is 14.5 Å². The number of nitrogens with zero attached hydrogens (tertiary/aromatic N) is 6. The Morgan fingerprint density at radius 1 is 1.06 bits per heavy atom. The molecule has 0 atom stereocenters. The molecular formula is C24H21N7O4S. The zero-order valence-corrected chi connectivity index (χ0v) is 20.4. The number of carbonyl (C=O) groups is 1. The number of azo groups is 1. The van der Waals surface area contributed by atoms with Crippen LogP contribution < -0.4 is 15.1 Å². The highest BCUT2D eigenvalue weighted by Gasteiger charge is 2.11. The number of fused-ring (bicyclic) bond motifs is 1. The second-order valence-electron chi connectivity index (χ2n) is 7.65. The Morgan fingerprint density at radius 2 is 1.75 bits per heavy atom. The SMILES string of the molecule is COc1ccc2nc(N=N/C(=N/NC(=O)c3ccc([N+](=O)[O-])cc3)c3ccc(N(C)C)cc3)sc2c1. The summed E-state index contributed by atoms with van der Waals surface area (Å²) in [4.78, 5) is 29.3. The summed E-state index contributed by atoms with van der Waals surface area (Å²) in [5, 5.41) is 23.9. The second-order valence-corrected chi connectivity index (χ2v) is 8.66. The molecule has 1 heterocycles. The molecule has 0 radical (unpaired) electrons. The van der Waals surface area contributed by atoms with E-state index in [9.17, 15) is 14.9 Å². The summed E-state index contributed by atoms with van der Waals surface area (Å²) < 4.78 is 6.14. The Morgan fingerprint density at radius 3 is 2.39 bits per heavy atom. The van der Waals surface area contributed by atoms with Crippen LogP contribution in [0.2, 0.25) is 0 Å². The number of aromatic nitrogens is 1. The van der Waals surface area contributed by atoms with Crippen LogP contribution in [0, 0.1) is 10.1 Å². The predicted molar refractivity (Wildman–Crippen MR) is 139 cm³/mol. The minimum absolute atomic E-state index is 0.112. The third kappa shape index (κ3) is 5.67. The quantitative estimate of drug-likeness (QED) is 0.122. The fraction of sp³-hybridized carbons (Fsp3) is 0.125. The van der Waals surface area contributed by atoms with Gasteiger partial charge in [0.15, 0.2) is 0 Å². The highest BCUT2D eigenvalue weighted by molar-refractivity contribution is 7.21. The summed E-state index contributed by atoms with van der Waals surface area (Å²) in [6, 6.07) is 18.1. The Bertz CT molecular complexity index is 1460. The van der Waals surface area contributed by atoms with Crippen LogP contribution in [0.25, 0.3) is 10.2 Å². The molecule has 0 bridgehead atoms.